The van der Waals surface area contributed by atoms with Crippen molar-refractivity contribution in [2.24, 2.45) is 5.10 Å². The van der Waals surface area contributed by atoms with Gasteiger partial charge in [-0.05, 0) is 34.7 Å². The minimum Gasteiger partial charge on any atom is -0.297 e. The molecular formula is C23H29ClN4O. The monoisotopic (exact) mass is 412 g/mol. The Morgan fingerprint density at radius 3 is 2.28 bits per heavy atom. The Hall–Kier alpha value is -2.21. The molecule has 2 aromatic carbocycles. The summed E-state index contributed by atoms with van der Waals surface area (Å²) in [6.45, 7) is 9.27. The molecule has 1 aliphatic rings. The predicted molar refractivity (Wildman–Crippen MR) is 119 cm³/mol. The minimum absolute atomic E-state index is 0.0776. The molecule has 5 nitrogen and oxygen atoms in total. The lowest BCUT2D eigenvalue weighted by molar-refractivity contribution is -0.122. The SMILES string of the molecule is CC(C)c1ccc(C=NNC(=O)CN2CCN(Cc3ccc(Cl)cc3)CC2)cc1. The first-order valence-electron chi connectivity index (χ1n) is 10.1. The Bertz CT molecular complexity index is 810. The third kappa shape index (κ3) is 6.96. The molecule has 0 bridgehead atoms. The molecule has 154 valence electrons. The molecule has 0 atom stereocenters. The van der Waals surface area contributed by atoms with E-state index < -0.39 is 0 Å². The van der Waals surface area contributed by atoms with Crippen LogP contribution in [-0.2, 0) is 11.3 Å². The normalized spacial score (nSPS) is 15.9. The summed E-state index contributed by atoms with van der Waals surface area (Å²) in [5.41, 5.74) is 6.17. The molecule has 0 unspecified atom stereocenters. The van der Waals surface area contributed by atoms with Crippen LogP contribution in [0.1, 0.15) is 36.5 Å². The van der Waals surface area contributed by atoms with E-state index in [0.717, 1.165) is 43.3 Å². The molecule has 2 aromatic rings. The Kier molecular flexibility index (Phi) is 7.81. The molecule has 1 amide bonds. The molecule has 1 aliphatic heterocycles. The quantitative estimate of drug-likeness (QED) is 0.556. The zero-order chi connectivity index (χ0) is 20.6. The summed E-state index contributed by atoms with van der Waals surface area (Å²) >= 11 is 5.94. The maximum absolute atomic E-state index is 12.2. The number of benzene rings is 2. The van der Waals surface area contributed by atoms with E-state index in [2.05, 4.69) is 58.4 Å². The lowest BCUT2D eigenvalue weighted by atomic mass is 10.0. The molecule has 3 rings (SSSR count). The van der Waals surface area contributed by atoms with Gasteiger partial charge in [-0.3, -0.25) is 14.6 Å². The van der Waals surface area contributed by atoms with Gasteiger partial charge in [0.25, 0.3) is 5.91 Å². The first-order valence-corrected chi connectivity index (χ1v) is 10.5. The molecule has 1 N–H and O–H groups in total. The summed E-state index contributed by atoms with van der Waals surface area (Å²) in [6, 6.07) is 16.2. The van der Waals surface area contributed by atoms with Crippen LogP contribution in [-0.4, -0.2) is 54.6 Å². The van der Waals surface area contributed by atoms with Crippen molar-refractivity contribution in [3.63, 3.8) is 0 Å². The van der Waals surface area contributed by atoms with Crippen LogP contribution in [0.15, 0.2) is 53.6 Å². The van der Waals surface area contributed by atoms with Crippen molar-refractivity contribution in [1.82, 2.24) is 15.2 Å². The second-order valence-electron chi connectivity index (χ2n) is 7.79. The lowest BCUT2D eigenvalue weighted by Gasteiger charge is -2.34. The number of hydrogen-bond donors (Lipinski definition) is 1. The summed E-state index contributed by atoms with van der Waals surface area (Å²) in [5, 5.41) is 4.85. The fraction of sp³-hybridized carbons (Fsp3) is 0.391. The molecule has 1 saturated heterocycles. The molecule has 29 heavy (non-hydrogen) atoms. The van der Waals surface area contributed by atoms with Gasteiger partial charge in [0.1, 0.15) is 0 Å². The fourth-order valence-electron chi connectivity index (χ4n) is 3.34. The van der Waals surface area contributed by atoms with E-state index in [1.807, 2.05) is 24.3 Å². The van der Waals surface area contributed by atoms with Crippen molar-refractivity contribution in [3.05, 3.63) is 70.2 Å². The van der Waals surface area contributed by atoms with E-state index in [4.69, 9.17) is 11.6 Å². The second-order valence-corrected chi connectivity index (χ2v) is 8.23. The lowest BCUT2D eigenvalue weighted by Crippen LogP contribution is -2.48. The molecule has 0 aromatic heterocycles. The van der Waals surface area contributed by atoms with E-state index in [1.54, 1.807) is 6.21 Å². The van der Waals surface area contributed by atoms with Crippen LogP contribution in [0.25, 0.3) is 0 Å². The van der Waals surface area contributed by atoms with Crippen LogP contribution in [0.3, 0.4) is 0 Å². The van der Waals surface area contributed by atoms with Crippen molar-refractivity contribution in [1.29, 1.82) is 0 Å². The second kappa shape index (κ2) is 10.5. The molecule has 0 aliphatic carbocycles. The number of piperazine rings is 1. The average molecular weight is 413 g/mol. The van der Waals surface area contributed by atoms with Crippen molar-refractivity contribution < 1.29 is 4.79 Å². The van der Waals surface area contributed by atoms with E-state index >= 15 is 0 Å². The highest BCUT2D eigenvalue weighted by Gasteiger charge is 2.18. The number of rotatable bonds is 7. The van der Waals surface area contributed by atoms with Gasteiger partial charge in [-0.2, -0.15) is 5.10 Å². The van der Waals surface area contributed by atoms with Crippen molar-refractivity contribution in [3.8, 4) is 0 Å². The molecule has 0 saturated carbocycles. The summed E-state index contributed by atoms with van der Waals surface area (Å²) in [6.07, 6.45) is 1.69. The number of amides is 1. The van der Waals surface area contributed by atoms with E-state index in [9.17, 15) is 4.79 Å². The molecule has 0 spiro atoms. The maximum Gasteiger partial charge on any atom is 0.254 e. The molecule has 1 heterocycles. The van der Waals surface area contributed by atoms with Crippen LogP contribution in [0, 0.1) is 0 Å². The Morgan fingerprint density at radius 1 is 1.03 bits per heavy atom. The summed E-state index contributed by atoms with van der Waals surface area (Å²) < 4.78 is 0. The highest BCUT2D eigenvalue weighted by Crippen LogP contribution is 2.14. The first-order chi connectivity index (χ1) is 14.0. The number of nitrogens with one attached hydrogen (secondary N) is 1. The van der Waals surface area contributed by atoms with Crippen LogP contribution in [0.2, 0.25) is 5.02 Å². The summed E-state index contributed by atoms with van der Waals surface area (Å²) in [5.74, 6) is 0.429. The molecule has 0 radical (unpaired) electrons. The summed E-state index contributed by atoms with van der Waals surface area (Å²) in [7, 11) is 0. The van der Waals surface area contributed by atoms with Crippen molar-refractivity contribution in [2.75, 3.05) is 32.7 Å². The summed E-state index contributed by atoms with van der Waals surface area (Å²) in [4.78, 5) is 16.7. The standard InChI is InChI=1S/C23H29ClN4O/c1-18(2)21-7-3-19(4-8-21)15-25-26-23(29)17-28-13-11-27(12-14-28)16-20-5-9-22(24)10-6-20/h3-10,15,18H,11-14,16-17H2,1-2H3,(H,26,29). The Balaban J connectivity index is 1.37. The van der Waals surface area contributed by atoms with Gasteiger partial charge in [0, 0.05) is 37.7 Å². The van der Waals surface area contributed by atoms with Crippen LogP contribution < -0.4 is 5.43 Å². The number of nitrogens with zero attached hydrogens (tertiary/aromatic N) is 3. The smallest absolute Gasteiger partial charge is 0.254 e. The molecular weight excluding hydrogens is 384 g/mol. The van der Waals surface area contributed by atoms with Gasteiger partial charge in [-0.15, -0.1) is 0 Å². The van der Waals surface area contributed by atoms with Gasteiger partial charge in [0.2, 0.25) is 0 Å². The predicted octanol–water partition coefficient (Wildman–Crippen LogP) is 3.73. The highest BCUT2D eigenvalue weighted by molar-refractivity contribution is 6.30. The van der Waals surface area contributed by atoms with Gasteiger partial charge in [0.15, 0.2) is 0 Å². The van der Waals surface area contributed by atoms with Gasteiger partial charge in [0.05, 0.1) is 12.8 Å². The van der Waals surface area contributed by atoms with Crippen molar-refractivity contribution in [2.45, 2.75) is 26.3 Å². The Morgan fingerprint density at radius 2 is 1.66 bits per heavy atom. The van der Waals surface area contributed by atoms with E-state index in [-0.39, 0.29) is 5.91 Å². The van der Waals surface area contributed by atoms with Gasteiger partial charge in [-0.1, -0.05) is 61.8 Å². The van der Waals surface area contributed by atoms with Crippen molar-refractivity contribution >= 4 is 23.7 Å². The number of carbonyl (C=O) groups excluding carboxylic acids is 1. The Labute approximate surface area is 178 Å². The van der Waals surface area contributed by atoms with E-state index in [1.165, 1.54) is 11.1 Å². The number of carbonyl (C=O) groups is 1. The van der Waals surface area contributed by atoms with Crippen LogP contribution in [0.4, 0.5) is 0 Å². The third-order valence-electron chi connectivity index (χ3n) is 5.16. The van der Waals surface area contributed by atoms with Gasteiger partial charge < -0.3 is 0 Å². The average Bonchev–Trinajstić information content (AvgIpc) is 2.71. The highest BCUT2D eigenvalue weighted by atomic mass is 35.5. The zero-order valence-electron chi connectivity index (χ0n) is 17.1. The van der Waals surface area contributed by atoms with Crippen LogP contribution in [0.5, 0.6) is 0 Å². The zero-order valence-corrected chi connectivity index (χ0v) is 17.9. The van der Waals surface area contributed by atoms with Gasteiger partial charge in [-0.25, -0.2) is 5.43 Å². The largest absolute Gasteiger partial charge is 0.297 e. The minimum atomic E-state index is -0.0776. The number of hydrogen-bond acceptors (Lipinski definition) is 4. The topological polar surface area (TPSA) is 47.9 Å². The number of hydrazone groups is 1. The fourth-order valence-corrected chi connectivity index (χ4v) is 3.46. The molecule has 6 heteroatoms. The van der Waals surface area contributed by atoms with Gasteiger partial charge >= 0.3 is 0 Å². The number of halogens is 1. The maximum atomic E-state index is 12.2. The molecule has 1 fully saturated rings. The van der Waals surface area contributed by atoms with Crippen LogP contribution >= 0.6 is 11.6 Å². The third-order valence-corrected chi connectivity index (χ3v) is 5.41. The van der Waals surface area contributed by atoms with E-state index in [0.29, 0.717) is 12.5 Å². The first kappa shape index (κ1) is 21.5.